The van der Waals surface area contributed by atoms with Crippen molar-refractivity contribution in [2.75, 3.05) is 19.3 Å². The second-order valence-electron chi connectivity index (χ2n) is 5.96. The Morgan fingerprint density at radius 1 is 1.42 bits per heavy atom. The fourth-order valence-corrected chi connectivity index (χ4v) is 3.20. The predicted molar refractivity (Wildman–Crippen MR) is 91.2 cm³/mol. The van der Waals surface area contributed by atoms with Gasteiger partial charge in [0.2, 0.25) is 17.6 Å². The Hall–Kier alpha value is -1.89. The predicted octanol–water partition coefficient (Wildman–Crippen LogP) is 3.33. The van der Waals surface area contributed by atoms with Crippen LogP contribution in [-0.2, 0) is 4.79 Å². The minimum Gasteiger partial charge on any atom is -0.341 e. The van der Waals surface area contributed by atoms with Crippen molar-refractivity contribution in [1.29, 1.82) is 0 Å². The van der Waals surface area contributed by atoms with Crippen molar-refractivity contribution in [1.82, 2.24) is 15.0 Å². The lowest BCUT2D eigenvalue weighted by molar-refractivity contribution is -0.131. The Morgan fingerprint density at radius 3 is 2.88 bits per heavy atom. The van der Waals surface area contributed by atoms with Crippen LogP contribution in [0.25, 0.3) is 11.4 Å². The van der Waals surface area contributed by atoms with E-state index in [1.54, 1.807) is 23.9 Å². The van der Waals surface area contributed by atoms with Crippen LogP contribution in [0, 0.1) is 5.82 Å². The van der Waals surface area contributed by atoms with E-state index in [2.05, 4.69) is 10.1 Å². The molecule has 0 aliphatic carbocycles. The molecule has 1 saturated heterocycles. The summed E-state index contributed by atoms with van der Waals surface area (Å²) in [4.78, 5) is 18.7. The summed E-state index contributed by atoms with van der Waals surface area (Å²) in [6.07, 6.45) is 3.78. The highest BCUT2D eigenvalue weighted by Crippen LogP contribution is 2.28. The number of halogens is 1. The van der Waals surface area contributed by atoms with Gasteiger partial charge in [-0.05, 0) is 50.3 Å². The number of likely N-dealkylation sites (tertiary alicyclic amines) is 1. The fraction of sp³-hybridized carbons (Fsp3) is 0.471. The second kappa shape index (κ2) is 7.34. The molecule has 128 valence electrons. The number of carbonyl (C=O) groups is 1. The maximum Gasteiger partial charge on any atom is 0.235 e. The van der Waals surface area contributed by atoms with Crippen molar-refractivity contribution in [3.8, 4) is 11.4 Å². The average molecular weight is 349 g/mol. The Balaban J connectivity index is 1.72. The molecular formula is C17H20FN3O2S. The summed E-state index contributed by atoms with van der Waals surface area (Å²) in [5.74, 6) is 0.908. The van der Waals surface area contributed by atoms with E-state index in [0.29, 0.717) is 23.8 Å². The summed E-state index contributed by atoms with van der Waals surface area (Å²) in [7, 11) is 0. The standard InChI is InChI=1S/C17H20FN3O2S/c1-11(24-2)17(22)21-9-3-4-13(10-21)16-19-15(20-23-16)12-5-7-14(18)8-6-12/h5-8,11,13H,3-4,9-10H2,1-2H3/t11-,13-/m0/s1. The number of thioether (sulfide) groups is 1. The molecule has 24 heavy (non-hydrogen) atoms. The van der Waals surface area contributed by atoms with E-state index < -0.39 is 0 Å². The lowest BCUT2D eigenvalue weighted by atomic mass is 9.97. The normalized spacial score (nSPS) is 19.3. The van der Waals surface area contributed by atoms with E-state index in [1.807, 2.05) is 18.1 Å². The lowest BCUT2D eigenvalue weighted by Gasteiger charge is -2.32. The quantitative estimate of drug-likeness (QED) is 0.847. The second-order valence-corrected chi connectivity index (χ2v) is 7.14. The molecule has 1 amide bonds. The number of nitrogens with zero attached hydrogens (tertiary/aromatic N) is 3. The molecule has 1 fully saturated rings. The van der Waals surface area contributed by atoms with Gasteiger partial charge in [-0.3, -0.25) is 4.79 Å². The van der Waals surface area contributed by atoms with Gasteiger partial charge in [0, 0.05) is 18.7 Å². The number of rotatable bonds is 4. The lowest BCUT2D eigenvalue weighted by Crippen LogP contribution is -2.42. The number of hydrogen-bond acceptors (Lipinski definition) is 5. The molecule has 0 bridgehead atoms. The number of aromatic nitrogens is 2. The molecule has 0 saturated carbocycles. The summed E-state index contributed by atoms with van der Waals surface area (Å²) in [5.41, 5.74) is 0.714. The van der Waals surface area contributed by atoms with Gasteiger partial charge < -0.3 is 9.42 Å². The molecular weight excluding hydrogens is 329 g/mol. The molecule has 5 nitrogen and oxygen atoms in total. The first-order valence-corrected chi connectivity index (χ1v) is 9.28. The third-order valence-electron chi connectivity index (χ3n) is 4.33. The number of hydrogen-bond donors (Lipinski definition) is 0. The summed E-state index contributed by atoms with van der Waals surface area (Å²) >= 11 is 1.55. The van der Waals surface area contributed by atoms with E-state index in [-0.39, 0.29) is 22.9 Å². The van der Waals surface area contributed by atoms with Crippen molar-refractivity contribution < 1.29 is 13.7 Å². The smallest absolute Gasteiger partial charge is 0.235 e. The van der Waals surface area contributed by atoms with Crippen LogP contribution in [0.15, 0.2) is 28.8 Å². The van der Waals surface area contributed by atoms with Gasteiger partial charge >= 0.3 is 0 Å². The molecule has 1 aliphatic rings. The van der Waals surface area contributed by atoms with Gasteiger partial charge in [0.05, 0.1) is 11.2 Å². The van der Waals surface area contributed by atoms with Gasteiger partial charge in [-0.15, -0.1) is 0 Å². The van der Waals surface area contributed by atoms with Crippen molar-refractivity contribution in [3.05, 3.63) is 36.0 Å². The summed E-state index contributed by atoms with van der Waals surface area (Å²) in [6, 6.07) is 5.99. The average Bonchev–Trinajstić information content (AvgIpc) is 3.11. The van der Waals surface area contributed by atoms with Crippen LogP contribution < -0.4 is 0 Å². The van der Waals surface area contributed by atoms with Crippen LogP contribution in [-0.4, -0.2) is 45.5 Å². The van der Waals surface area contributed by atoms with Crippen LogP contribution >= 0.6 is 11.8 Å². The minimum atomic E-state index is -0.299. The molecule has 7 heteroatoms. The Kier molecular flexibility index (Phi) is 5.18. The third kappa shape index (κ3) is 3.61. The van der Waals surface area contributed by atoms with Crippen LogP contribution in [0.1, 0.15) is 31.6 Å². The molecule has 0 spiro atoms. The minimum absolute atomic E-state index is 0.0405. The highest BCUT2D eigenvalue weighted by molar-refractivity contribution is 7.99. The van der Waals surface area contributed by atoms with E-state index in [4.69, 9.17) is 4.52 Å². The number of carbonyl (C=O) groups excluding carboxylic acids is 1. The van der Waals surface area contributed by atoms with Gasteiger partial charge in [0.25, 0.3) is 0 Å². The van der Waals surface area contributed by atoms with Gasteiger partial charge in [-0.25, -0.2) is 4.39 Å². The Bertz CT molecular complexity index is 704. The maximum atomic E-state index is 13.0. The molecule has 0 radical (unpaired) electrons. The summed E-state index contributed by atoms with van der Waals surface area (Å²) in [5, 5.41) is 3.96. The van der Waals surface area contributed by atoms with Crippen LogP contribution in [0.2, 0.25) is 0 Å². The molecule has 0 N–H and O–H groups in total. The van der Waals surface area contributed by atoms with E-state index in [0.717, 1.165) is 19.4 Å². The molecule has 2 aromatic rings. The number of piperidine rings is 1. The highest BCUT2D eigenvalue weighted by Gasteiger charge is 2.30. The zero-order valence-electron chi connectivity index (χ0n) is 13.7. The third-order valence-corrected chi connectivity index (χ3v) is 5.24. The van der Waals surface area contributed by atoms with E-state index in [9.17, 15) is 9.18 Å². The zero-order chi connectivity index (χ0) is 17.1. The van der Waals surface area contributed by atoms with Crippen molar-refractivity contribution in [2.24, 2.45) is 0 Å². The van der Waals surface area contributed by atoms with Crippen LogP contribution in [0.4, 0.5) is 4.39 Å². The first kappa shape index (κ1) is 17.0. The molecule has 0 unspecified atom stereocenters. The molecule has 2 atom stereocenters. The number of benzene rings is 1. The van der Waals surface area contributed by atoms with Crippen LogP contribution in [0.3, 0.4) is 0 Å². The summed E-state index contributed by atoms with van der Waals surface area (Å²) in [6.45, 7) is 3.31. The molecule has 2 heterocycles. The van der Waals surface area contributed by atoms with Crippen molar-refractivity contribution in [3.63, 3.8) is 0 Å². The Labute approximate surface area is 144 Å². The molecule has 3 rings (SSSR count). The SMILES string of the molecule is CS[C@@H](C)C(=O)N1CCC[C@H](c2nc(-c3ccc(F)cc3)no2)C1. The van der Waals surface area contributed by atoms with Gasteiger partial charge in [-0.2, -0.15) is 16.7 Å². The monoisotopic (exact) mass is 349 g/mol. The molecule has 1 aromatic heterocycles. The van der Waals surface area contributed by atoms with E-state index in [1.165, 1.54) is 12.1 Å². The Morgan fingerprint density at radius 2 is 2.17 bits per heavy atom. The van der Waals surface area contributed by atoms with Crippen molar-refractivity contribution in [2.45, 2.75) is 30.9 Å². The summed E-state index contributed by atoms with van der Waals surface area (Å²) < 4.78 is 18.4. The zero-order valence-corrected chi connectivity index (χ0v) is 14.6. The first-order valence-electron chi connectivity index (χ1n) is 7.99. The molecule has 1 aliphatic heterocycles. The van der Waals surface area contributed by atoms with Gasteiger partial charge in [0.1, 0.15) is 5.82 Å². The van der Waals surface area contributed by atoms with Gasteiger partial charge in [0.15, 0.2) is 0 Å². The fourth-order valence-electron chi connectivity index (χ4n) is 2.85. The topological polar surface area (TPSA) is 59.2 Å². The molecule has 1 aromatic carbocycles. The van der Waals surface area contributed by atoms with Crippen LogP contribution in [0.5, 0.6) is 0 Å². The van der Waals surface area contributed by atoms with E-state index >= 15 is 0 Å². The maximum absolute atomic E-state index is 13.0. The van der Waals surface area contributed by atoms with Crippen molar-refractivity contribution >= 4 is 17.7 Å². The van der Waals surface area contributed by atoms with Gasteiger partial charge in [-0.1, -0.05) is 5.16 Å². The number of amides is 1. The largest absolute Gasteiger partial charge is 0.341 e. The highest BCUT2D eigenvalue weighted by atomic mass is 32.2. The first-order chi connectivity index (χ1) is 11.6.